The van der Waals surface area contributed by atoms with E-state index in [2.05, 4.69) is 124 Å². The quantitative estimate of drug-likeness (QED) is 0.402. The van der Waals surface area contributed by atoms with Gasteiger partial charge in [-0.2, -0.15) is 5.10 Å². The fourth-order valence-electron chi connectivity index (χ4n) is 4.43. The van der Waals surface area contributed by atoms with E-state index in [9.17, 15) is 2.74 Å². The number of benzene rings is 2. The zero-order valence-corrected chi connectivity index (χ0v) is 27.0. The normalized spacial score (nSPS) is 17.0. The van der Waals surface area contributed by atoms with Crippen molar-refractivity contribution < 1.29 is 2.74 Å². The van der Waals surface area contributed by atoms with E-state index in [4.69, 9.17) is 5.10 Å². The number of amidine groups is 1. The van der Waals surface area contributed by atoms with Crippen molar-refractivity contribution in [3.8, 4) is 0 Å². The topological polar surface area (TPSA) is 18.8 Å². The van der Waals surface area contributed by atoms with Crippen LogP contribution in [0.25, 0.3) is 0 Å². The second-order valence-electron chi connectivity index (χ2n) is 16.3. The summed E-state index contributed by atoms with van der Waals surface area (Å²) in [5, 5.41) is 7.09. The fraction of sp³-hybridized carbons (Fsp3) is 0.629. The molecule has 0 aliphatic carbocycles. The summed E-state index contributed by atoms with van der Waals surface area (Å²) < 4.78 is 18.6. The maximum Gasteiger partial charge on any atom is 0.132 e. The van der Waals surface area contributed by atoms with Crippen LogP contribution >= 0.6 is 0 Å². The number of anilines is 2. The third kappa shape index (κ3) is 7.21. The summed E-state index contributed by atoms with van der Waals surface area (Å²) in [6.45, 7) is 33.2. The molecule has 0 saturated carbocycles. The molecule has 210 valence electrons. The van der Waals surface area contributed by atoms with Crippen LogP contribution in [0.1, 0.15) is 135 Å². The van der Waals surface area contributed by atoms with Crippen molar-refractivity contribution in [3.63, 3.8) is 0 Å². The van der Waals surface area contributed by atoms with Crippen LogP contribution in [0.15, 0.2) is 41.5 Å². The Morgan fingerprint density at radius 1 is 0.579 bits per heavy atom. The molecule has 0 N–H and O–H groups in total. The SMILES string of the molecule is [2H]C([2H])(C1=NN(c2cc(C(C)(C)C)cc(C(C)(C)C)c2)CN1c1cc(C(C)(C)C)cc(C(C)(C)C)c1)C(C)(C)C. The Morgan fingerprint density at radius 3 is 1.24 bits per heavy atom. The standard InChI is InChI=1S/C35H55N3/c1-31(2,3)22-30-36-38(29-20-26(34(10,11)12)17-27(21-29)35(13,14)15)23-37(30)28-18-24(32(4,5)6)16-25(19-28)33(7,8)9/h16-21H,22-23H2,1-15H3/i22D2. The van der Waals surface area contributed by atoms with Crippen LogP contribution in [-0.4, -0.2) is 12.5 Å². The van der Waals surface area contributed by atoms with Crippen molar-refractivity contribution in [1.82, 2.24) is 0 Å². The lowest BCUT2D eigenvalue weighted by molar-refractivity contribution is 0.432. The summed E-state index contributed by atoms with van der Waals surface area (Å²) in [6.07, 6.45) is -1.66. The molecule has 0 atom stereocenters. The third-order valence-electron chi connectivity index (χ3n) is 7.14. The predicted octanol–water partition coefficient (Wildman–Crippen LogP) is 9.91. The van der Waals surface area contributed by atoms with Crippen LogP contribution in [-0.2, 0) is 21.7 Å². The minimum Gasteiger partial charge on any atom is -0.308 e. The molecule has 1 heterocycles. The van der Waals surface area contributed by atoms with Crippen LogP contribution in [0.2, 0.25) is 0 Å². The Labute approximate surface area is 237 Å². The molecular formula is C35H55N3. The van der Waals surface area contributed by atoms with Crippen molar-refractivity contribution in [2.75, 3.05) is 16.6 Å². The van der Waals surface area contributed by atoms with Crippen LogP contribution in [0.4, 0.5) is 11.4 Å². The molecule has 0 radical (unpaired) electrons. The molecule has 0 unspecified atom stereocenters. The molecule has 0 aromatic heterocycles. The van der Waals surface area contributed by atoms with E-state index in [0.29, 0.717) is 12.5 Å². The molecule has 0 bridgehead atoms. The van der Waals surface area contributed by atoms with Gasteiger partial charge in [0.25, 0.3) is 0 Å². The molecular weight excluding hydrogens is 462 g/mol. The van der Waals surface area contributed by atoms with Gasteiger partial charge in [-0.15, -0.1) is 0 Å². The molecule has 3 nitrogen and oxygen atoms in total. The molecule has 0 amide bonds. The highest BCUT2D eigenvalue weighted by atomic mass is 15.6. The Kier molecular flexibility index (Phi) is 6.98. The zero-order chi connectivity index (χ0) is 30.9. The predicted molar refractivity (Wildman–Crippen MR) is 169 cm³/mol. The van der Waals surface area contributed by atoms with Crippen LogP contribution in [0.3, 0.4) is 0 Å². The van der Waals surface area contributed by atoms with Gasteiger partial charge in [0.15, 0.2) is 0 Å². The monoisotopic (exact) mass is 519 g/mol. The first-order chi connectivity index (χ1) is 17.7. The number of hydrogen-bond donors (Lipinski definition) is 0. The van der Waals surface area contributed by atoms with E-state index in [1.54, 1.807) is 0 Å². The maximum atomic E-state index is 9.31. The van der Waals surface area contributed by atoms with Crippen molar-refractivity contribution in [2.24, 2.45) is 10.5 Å². The van der Waals surface area contributed by atoms with Crippen molar-refractivity contribution in [3.05, 3.63) is 58.7 Å². The van der Waals surface area contributed by atoms with Crippen molar-refractivity contribution >= 4 is 17.2 Å². The molecule has 2 aromatic rings. The number of hydrazone groups is 1. The number of nitrogens with zero attached hydrogens (tertiary/aromatic N) is 3. The second kappa shape index (κ2) is 9.72. The fourth-order valence-corrected chi connectivity index (χ4v) is 4.43. The molecule has 3 rings (SSSR count). The molecule has 3 heteroatoms. The van der Waals surface area contributed by atoms with Gasteiger partial charge in [-0.05, 0) is 73.6 Å². The van der Waals surface area contributed by atoms with E-state index < -0.39 is 11.8 Å². The van der Waals surface area contributed by atoms with Gasteiger partial charge in [0.2, 0.25) is 0 Å². The molecule has 38 heavy (non-hydrogen) atoms. The smallest absolute Gasteiger partial charge is 0.132 e. The van der Waals surface area contributed by atoms with Gasteiger partial charge < -0.3 is 4.90 Å². The summed E-state index contributed by atoms with van der Waals surface area (Å²) >= 11 is 0. The Hall–Kier alpha value is -2.29. The Balaban J connectivity index is 2.29. The summed E-state index contributed by atoms with van der Waals surface area (Å²) in [5.74, 6) is 0.462. The first kappa shape index (κ1) is 27.3. The van der Waals surface area contributed by atoms with E-state index in [1.807, 2.05) is 25.8 Å². The second-order valence-corrected chi connectivity index (χ2v) is 16.3. The van der Waals surface area contributed by atoms with E-state index in [0.717, 1.165) is 11.4 Å². The largest absolute Gasteiger partial charge is 0.308 e. The molecule has 0 saturated heterocycles. The van der Waals surface area contributed by atoms with Gasteiger partial charge in [-0.1, -0.05) is 116 Å². The average Bonchev–Trinajstić information content (AvgIpc) is 3.22. The Morgan fingerprint density at radius 2 is 0.921 bits per heavy atom. The lowest BCUT2D eigenvalue weighted by atomic mass is 9.80. The van der Waals surface area contributed by atoms with Gasteiger partial charge in [-0.25, -0.2) is 5.01 Å². The summed E-state index contributed by atoms with van der Waals surface area (Å²) in [7, 11) is 0. The summed E-state index contributed by atoms with van der Waals surface area (Å²) in [6, 6.07) is 13.6. The highest BCUT2D eigenvalue weighted by Crippen LogP contribution is 2.38. The molecule has 2 aromatic carbocycles. The summed E-state index contributed by atoms with van der Waals surface area (Å²) in [5.41, 5.74) is 6.23. The zero-order valence-electron chi connectivity index (χ0n) is 29.0. The first-order valence-corrected chi connectivity index (χ1v) is 14.2. The number of rotatable bonds is 3. The van der Waals surface area contributed by atoms with E-state index >= 15 is 0 Å². The van der Waals surface area contributed by atoms with E-state index in [1.165, 1.54) is 22.3 Å². The molecule has 1 aliphatic heterocycles. The van der Waals surface area contributed by atoms with Gasteiger partial charge in [0.1, 0.15) is 12.5 Å². The van der Waals surface area contributed by atoms with Crippen LogP contribution < -0.4 is 9.91 Å². The minimum absolute atomic E-state index is 0.0232. The van der Waals surface area contributed by atoms with Gasteiger partial charge in [0.05, 0.1) is 5.69 Å². The number of hydrogen-bond acceptors (Lipinski definition) is 3. The lowest BCUT2D eigenvalue weighted by Gasteiger charge is -2.31. The van der Waals surface area contributed by atoms with Crippen LogP contribution in [0, 0.1) is 5.41 Å². The third-order valence-corrected chi connectivity index (χ3v) is 7.14. The molecule has 0 spiro atoms. The van der Waals surface area contributed by atoms with Gasteiger partial charge >= 0.3 is 0 Å². The molecule has 0 fully saturated rings. The van der Waals surface area contributed by atoms with Gasteiger partial charge in [-0.3, -0.25) is 0 Å². The van der Waals surface area contributed by atoms with Crippen molar-refractivity contribution in [2.45, 2.75) is 132 Å². The summed E-state index contributed by atoms with van der Waals surface area (Å²) in [4.78, 5) is 2.11. The first-order valence-electron chi connectivity index (χ1n) is 15.2. The lowest BCUT2D eigenvalue weighted by Crippen LogP contribution is -2.33. The maximum absolute atomic E-state index is 9.31. The van der Waals surface area contributed by atoms with Crippen molar-refractivity contribution in [1.29, 1.82) is 0 Å². The molecule has 1 aliphatic rings. The highest BCUT2D eigenvalue weighted by Gasteiger charge is 2.32. The Bertz CT molecular complexity index is 1210. The van der Waals surface area contributed by atoms with Crippen LogP contribution in [0.5, 0.6) is 0 Å². The highest BCUT2D eigenvalue weighted by molar-refractivity contribution is 6.01. The van der Waals surface area contributed by atoms with E-state index in [-0.39, 0.29) is 21.7 Å². The van der Waals surface area contributed by atoms with Gasteiger partial charge in [0, 0.05) is 14.8 Å². The average molecular weight is 520 g/mol. The minimum atomic E-state index is -1.66.